The lowest BCUT2D eigenvalue weighted by Gasteiger charge is -2.28. The summed E-state index contributed by atoms with van der Waals surface area (Å²) in [6, 6.07) is 14.3. The summed E-state index contributed by atoms with van der Waals surface area (Å²) in [7, 11) is 0. The summed E-state index contributed by atoms with van der Waals surface area (Å²) in [5.74, 6) is 1.64. The highest BCUT2D eigenvalue weighted by Gasteiger charge is 2.22. The largest absolute Gasteiger partial charge is 0.490 e. The van der Waals surface area contributed by atoms with Gasteiger partial charge in [0.2, 0.25) is 0 Å². The molecule has 0 atom stereocenters. The quantitative estimate of drug-likeness (QED) is 0.490. The van der Waals surface area contributed by atoms with Gasteiger partial charge in [-0.05, 0) is 58.6 Å². The van der Waals surface area contributed by atoms with Gasteiger partial charge in [-0.2, -0.15) is 0 Å². The van der Waals surface area contributed by atoms with Gasteiger partial charge in [-0.25, -0.2) is 0 Å². The van der Waals surface area contributed by atoms with Crippen LogP contribution in [0.25, 0.3) is 6.08 Å². The Balaban J connectivity index is 1.82. The number of piperidine rings is 1. The lowest BCUT2D eigenvalue weighted by molar-refractivity contribution is -0.117. The minimum Gasteiger partial charge on any atom is -0.490 e. The average Bonchev–Trinajstić information content (AvgIpc) is 2.71. The van der Waals surface area contributed by atoms with Crippen molar-refractivity contribution < 1.29 is 14.3 Å². The fraction of sp³-hybridized carbons (Fsp3) is 0.375. The Bertz CT molecular complexity index is 864. The van der Waals surface area contributed by atoms with E-state index in [4.69, 9.17) is 9.47 Å². The van der Waals surface area contributed by atoms with Gasteiger partial charge in [0.25, 0.3) is 0 Å². The maximum atomic E-state index is 12.5. The first-order valence-electron chi connectivity index (χ1n) is 10.2. The van der Waals surface area contributed by atoms with Crippen LogP contribution in [0.5, 0.6) is 11.5 Å². The molecule has 1 saturated heterocycles. The van der Waals surface area contributed by atoms with Gasteiger partial charge in [-0.3, -0.25) is 9.69 Å². The van der Waals surface area contributed by atoms with Crippen LogP contribution in [0.4, 0.5) is 0 Å². The van der Waals surface area contributed by atoms with E-state index >= 15 is 0 Å². The first-order chi connectivity index (χ1) is 14.1. The van der Waals surface area contributed by atoms with Gasteiger partial charge in [-0.15, -0.1) is 0 Å². The molecule has 0 aliphatic carbocycles. The molecule has 0 bridgehead atoms. The third-order valence-electron chi connectivity index (χ3n) is 4.78. The monoisotopic (exact) mass is 457 g/mol. The van der Waals surface area contributed by atoms with Crippen molar-refractivity contribution in [2.24, 2.45) is 0 Å². The lowest BCUT2D eigenvalue weighted by Crippen LogP contribution is -2.35. The lowest BCUT2D eigenvalue weighted by atomic mass is 9.99. The summed E-state index contributed by atoms with van der Waals surface area (Å²) in [6.45, 7) is 7.51. The molecule has 5 heteroatoms. The van der Waals surface area contributed by atoms with E-state index in [2.05, 4.69) is 52.0 Å². The molecule has 0 aromatic heterocycles. The van der Waals surface area contributed by atoms with Crippen molar-refractivity contribution >= 4 is 27.8 Å². The van der Waals surface area contributed by atoms with Gasteiger partial charge >= 0.3 is 0 Å². The second kappa shape index (κ2) is 10.6. The number of carbonyl (C=O) groups excluding carboxylic acids is 1. The van der Waals surface area contributed by atoms with Crippen molar-refractivity contribution in [3.05, 3.63) is 63.6 Å². The molecule has 0 saturated carbocycles. The van der Waals surface area contributed by atoms with E-state index < -0.39 is 0 Å². The fourth-order valence-electron chi connectivity index (χ4n) is 3.41. The Morgan fingerprint density at radius 3 is 2.66 bits per heavy atom. The van der Waals surface area contributed by atoms with Gasteiger partial charge in [0, 0.05) is 31.6 Å². The molecule has 1 aliphatic rings. The van der Waals surface area contributed by atoms with Crippen molar-refractivity contribution in [1.29, 1.82) is 0 Å². The molecular formula is C24H28BrNO3. The van der Waals surface area contributed by atoms with Crippen LogP contribution in [0, 0.1) is 0 Å². The molecule has 0 spiro atoms. The predicted molar refractivity (Wildman–Crippen MR) is 120 cm³/mol. The second-order valence-electron chi connectivity index (χ2n) is 7.15. The van der Waals surface area contributed by atoms with Crippen molar-refractivity contribution in [2.45, 2.75) is 33.2 Å². The Kier molecular flexibility index (Phi) is 7.90. The van der Waals surface area contributed by atoms with Crippen LogP contribution in [-0.2, 0) is 11.3 Å². The number of halogens is 1. The summed E-state index contributed by atoms with van der Waals surface area (Å²) >= 11 is 3.60. The molecule has 0 unspecified atom stereocenters. The summed E-state index contributed by atoms with van der Waals surface area (Å²) < 4.78 is 12.5. The van der Waals surface area contributed by atoms with E-state index in [0.717, 1.165) is 40.9 Å². The van der Waals surface area contributed by atoms with Gasteiger partial charge in [0.15, 0.2) is 17.3 Å². The number of ketones is 1. The molecule has 154 valence electrons. The Morgan fingerprint density at radius 1 is 1.14 bits per heavy atom. The minimum absolute atomic E-state index is 0.217. The Labute approximate surface area is 181 Å². The average molecular weight is 458 g/mol. The minimum atomic E-state index is 0.217. The van der Waals surface area contributed by atoms with Gasteiger partial charge in [0.05, 0.1) is 17.7 Å². The molecule has 2 aromatic carbocycles. The second-order valence-corrected chi connectivity index (χ2v) is 8.00. The number of hydrogen-bond acceptors (Lipinski definition) is 4. The Morgan fingerprint density at radius 2 is 1.93 bits per heavy atom. The number of Topliss-reactive ketones (excluding diaryl/α,β-unsaturated/α-hetero) is 1. The summed E-state index contributed by atoms with van der Waals surface area (Å²) in [5.41, 5.74) is 3.04. The number of nitrogens with zero attached hydrogens (tertiary/aromatic N) is 1. The summed E-state index contributed by atoms with van der Waals surface area (Å²) in [4.78, 5) is 14.9. The molecule has 0 amide bonds. The third-order valence-corrected chi connectivity index (χ3v) is 5.37. The van der Waals surface area contributed by atoms with Crippen molar-refractivity contribution in [3.8, 4) is 11.5 Å². The molecule has 0 radical (unpaired) electrons. The maximum absolute atomic E-state index is 12.5. The topological polar surface area (TPSA) is 38.8 Å². The SMILES string of the molecule is CCCOc1c(Br)cc(/C=C2\CN(Cc3ccccc3)CCC2=O)cc1OCC. The van der Waals surface area contributed by atoms with Crippen LogP contribution in [0.3, 0.4) is 0 Å². The first kappa shape index (κ1) is 21.6. The number of likely N-dealkylation sites (tertiary alicyclic amines) is 1. The van der Waals surface area contributed by atoms with Gasteiger partial charge < -0.3 is 9.47 Å². The zero-order valence-corrected chi connectivity index (χ0v) is 18.7. The maximum Gasteiger partial charge on any atom is 0.175 e. The molecule has 3 rings (SSSR count). The number of hydrogen-bond donors (Lipinski definition) is 0. The van der Waals surface area contributed by atoms with Crippen LogP contribution in [0.1, 0.15) is 37.8 Å². The number of carbonyl (C=O) groups is 1. The third kappa shape index (κ3) is 5.94. The Hall–Kier alpha value is -2.11. The highest BCUT2D eigenvalue weighted by molar-refractivity contribution is 9.10. The molecule has 1 fully saturated rings. The molecule has 1 heterocycles. The standard InChI is InChI=1S/C24H28BrNO3/c1-3-12-29-24-21(25)14-19(15-23(24)28-4-2)13-20-17-26(11-10-22(20)27)16-18-8-6-5-7-9-18/h5-9,13-15H,3-4,10-12,16-17H2,1-2H3/b20-13+. The zero-order chi connectivity index (χ0) is 20.6. The number of rotatable bonds is 8. The van der Waals surface area contributed by atoms with E-state index in [9.17, 15) is 4.79 Å². The molecular weight excluding hydrogens is 430 g/mol. The predicted octanol–water partition coefficient (Wildman–Crippen LogP) is 5.50. The van der Waals surface area contributed by atoms with E-state index in [-0.39, 0.29) is 5.78 Å². The van der Waals surface area contributed by atoms with E-state index in [1.807, 2.05) is 31.2 Å². The summed E-state index contributed by atoms with van der Waals surface area (Å²) in [6.07, 6.45) is 3.46. The number of ether oxygens (including phenoxy) is 2. The van der Waals surface area contributed by atoms with Crippen molar-refractivity contribution in [2.75, 3.05) is 26.3 Å². The molecule has 0 N–H and O–H groups in total. The van der Waals surface area contributed by atoms with E-state index in [0.29, 0.717) is 31.9 Å². The molecule has 2 aromatic rings. The molecule has 4 nitrogen and oxygen atoms in total. The highest BCUT2D eigenvalue weighted by Crippen LogP contribution is 2.38. The van der Waals surface area contributed by atoms with Gasteiger partial charge in [0.1, 0.15) is 0 Å². The van der Waals surface area contributed by atoms with Crippen LogP contribution in [-0.4, -0.2) is 37.0 Å². The van der Waals surface area contributed by atoms with Crippen molar-refractivity contribution in [3.63, 3.8) is 0 Å². The normalized spacial score (nSPS) is 16.2. The number of benzene rings is 2. The van der Waals surface area contributed by atoms with Crippen molar-refractivity contribution in [1.82, 2.24) is 4.90 Å². The molecule has 1 aliphatic heterocycles. The first-order valence-corrected chi connectivity index (χ1v) is 11.0. The van der Waals surface area contributed by atoms with E-state index in [1.54, 1.807) is 0 Å². The zero-order valence-electron chi connectivity index (χ0n) is 17.1. The van der Waals surface area contributed by atoms with E-state index in [1.165, 1.54) is 5.56 Å². The summed E-state index contributed by atoms with van der Waals surface area (Å²) in [5, 5.41) is 0. The van der Waals surface area contributed by atoms with Crippen LogP contribution in [0.2, 0.25) is 0 Å². The fourth-order valence-corrected chi connectivity index (χ4v) is 3.98. The highest BCUT2D eigenvalue weighted by atomic mass is 79.9. The van der Waals surface area contributed by atoms with Crippen LogP contribution < -0.4 is 9.47 Å². The van der Waals surface area contributed by atoms with Gasteiger partial charge in [-0.1, -0.05) is 37.3 Å². The van der Waals surface area contributed by atoms with Crippen LogP contribution in [0.15, 0.2) is 52.5 Å². The smallest absolute Gasteiger partial charge is 0.175 e. The van der Waals surface area contributed by atoms with Crippen LogP contribution >= 0.6 is 15.9 Å². The molecule has 29 heavy (non-hydrogen) atoms.